The van der Waals surface area contributed by atoms with Crippen LogP contribution in [0.2, 0.25) is 0 Å². The van der Waals surface area contributed by atoms with E-state index in [0.29, 0.717) is 31.5 Å². The van der Waals surface area contributed by atoms with Gasteiger partial charge in [0.2, 0.25) is 10.0 Å². The molecule has 0 amide bonds. The average molecular weight is 623 g/mol. The number of nitrogens with zero attached hydrogens (tertiary/aromatic N) is 1. The first-order valence-corrected chi connectivity index (χ1v) is 16.3. The Labute approximate surface area is 236 Å². The zero-order chi connectivity index (χ0) is 30.0. The Kier molecular flexibility index (Phi) is 7.70. The fraction of sp³-hybridized carbons (Fsp3) is 0.556. The van der Waals surface area contributed by atoms with E-state index in [0.717, 1.165) is 24.3 Å². The molecule has 1 saturated carbocycles. The molecule has 0 unspecified atom stereocenters. The summed E-state index contributed by atoms with van der Waals surface area (Å²) in [5.41, 5.74) is -1.55. The topological polar surface area (TPSA) is 92.8 Å². The monoisotopic (exact) mass is 622 g/mol. The van der Waals surface area contributed by atoms with E-state index in [-0.39, 0.29) is 25.9 Å². The second kappa shape index (κ2) is 10.5. The van der Waals surface area contributed by atoms with E-state index in [1.807, 2.05) is 19.0 Å². The summed E-state index contributed by atoms with van der Waals surface area (Å²) in [6.45, 7) is 0.303. The van der Waals surface area contributed by atoms with Gasteiger partial charge in [0.05, 0.1) is 27.9 Å². The Hall–Kier alpha value is -2.29. The number of alkyl halides is 3. The number of halogens is 5. The normalized spacial score (nSPS) is 29.3. The van der Waals surface area contributed by atoms with Gasteiger partial charge < -0.3 is 9.64 Å². The van der Waals surface area contributed by atoms with Gasteiger partial charge in [-0.1, -0.05) is 0 Å². The zero-order valence-corrected chi connectivity index (χ0v) is 24.1. The van der Waals surface area contributed by atoms with Crippen molar-refractivity contribution in [2.24, 2.45) is 11.8 Å². The molecule has 41 heavy (non-hydrogen) atoms. The van der Waals surface area contributed by atoms with Gasteiger partial charge in [0.1, 0.15) is 10.6 Å². The van der Waals surface area contributed by atoms with Crippen molar-refractivity contribution in [2.75, 3.05) is 27.2 Å². The SMILES string of the molecule is CN(C)CCC[C@@H]1C[C@@H]2[C@@H](CC[C@@]3(S(=O)(=O)c4ccc(C(F)(F)F)cc4)c4c(F)ccc(F)c4OC[C@@H]23)NS1(=O)=O. The third kappa shape index (κ3) is 5.04. The zero-order valence-electron chi connectivity index (χ0n) is 22.4. The minimum atomic E-state index is -4.71. The molecular weight excluding hydrogens is 591 g/mol. The van der Waals surface area contributed by atoms with Crippen molar-refractivity contribution in [3.8, 4) is 5.75 Å². The Balaban J connectivity index is 1.64. The maximum absolute atomic E-state index is 15.6. The van der Waals surface area contributed by atoms with Gasteiger partial charge >= 0.3 is 6.18 Å². The fourth-order valence-electron chi connectivity index (χ4n) is 6.83. The molecule has 14 heteroatoms. The van der Waals surface area contributed by atoms with Crippen molar-refractivity contribution in [1.29, 1.82) is 0 Å². The number of fused-ring (bicyclic) bond motifs is 5. The van der Waals surface area contributed by atoms with Crippen LogP contribution in [0.5, 0.6) is 5.75 Å². The molecular formula is C27H31F5N2O5S2. The molecule has 0 aromatic heterocycles. The second-order valence-electron chi connectivity index (χ2n) is 11.3. The summed E-state index contributed by atoms with van der Waals surface area (Å²) in [7, 11) is -4.68. The summed E-state index contributed by atoms with van der Waals surface area (Å²) < 4.78 is 132. The van der Waals surface area contributed by atoms with Gasteiger partial charge in [-0.15, -0.1) is 0 Å². The summed E-state index contributed by atoms with van der Waals surface area (Å²) in [6, 6.07) is 3.92. The van der Waals surface area contributed by atoms with Crippen LogP contribution in [0.1, 0.15) is 43.2 Å². The van der Waals surface area contributed by atoms with E-state index in [2.05, 4.69) is 4.72 Å². The van der Waals surface area contributed by atoms with Crippen LogP contribution in [-0.2, 0) is 30.8 Å². The van der Waals surface area contributed by atoms with Crippen molar-refractivity contribution < 1.29 is 43.5 Å². The van der Waals surface area contributed by atoms with Crippen LogP contribution in [0.25, 0.3) is 0 Å². The number of rotatable bonds is 6. The van der Waals surface area contributed by atoms with Crippen LogP contribution in [0.15, 0.2) is 41.3 Å². The molecule has 1 N–H and O–H groups in total. The molecule has 3 aliphatic rings. The highest BCUT2D eigenvalue weighted by Crippen LogP contribution is 2.59. The first kappa shape index (κ1) is 30.2. The van der Waals surface area contributed by atoms with Gasteiger partial charge in [-0.05, 0) is 95.1 Å². The van der Waals surface area contributed by atoms with E-state index < -0.39 is 87.3 Å². The lowest BCUT2D eigenvalue weighted by atomic mass is 9.64. The molecule has 2 fully saturated rings. The van der Waals surface area contributed by atoms with E-state index in [4.69, 9.17) is 4.74 Å². The lowest BCUT2D eigenvalue weighted by Crippen LogP contribution is -2.63. The minimum absolute atomic E-state index is 0.0000719. The Morgan fingerprint density at radius 1 is 1.07 bits per heavy atom. The van der Waals surface area contributed by atoms with Gasteiger partial charge in [-0.2, -0.15) is 13.2 Å². The van der Waals surface area contributed by atoms with Crippen LogP contribution >= 0.6 is 0 Å². The van der Waals surface area contributed by atoms with E-state index in [1.54, 1.807) is 0 Å². The maximum atomic E-state index is 15.6. The summed E-state index contributed by atoms with van der Waals surface area (Å²) in [5.74, 6) is -4.14. The predicted molar refractivity (Wildman–Crippen MR) is 140 cm³/mol. The number of hydrogen-bond donors (Lipinski definition) is 1. The highest BCUT2D eigenvalue weighted by molar-refractivity contribution is 7.92. The Morgan fingerprint density at radius 2 is 1.73 bits per heavy atom. The first-order valence-electron chi connectivity index (χ1n) is 13.3. The van der Waals surface area contributed by atoms with Crippen molar-refractivity contribution in [1.82, 2.24) is 9.62 Å². The molecule has 5 rings (SSSR count). The van der Waals surface area contributed by atoms with Gasteiger partial charge in [0, 0.05) is 12.0 Å². The predicted octanol–water partition coefficient (Wildman–Crippen LogP) is 4.47. The third-order valence-electron chi connectivity index (χ3n) is 8.74. The molecule has 1 saturated heterocycles. The molecule has 5 atom stereocenters. The van der Waals surface area contributed by atoms with E-state index in [1.165, 1.54) is 0 Å². The Morgan fingerprint density at radius 3 is 2.37 bits per heavy atom. The molecule has 1 aliphatic carbocycles. The largest absolute Gasteiger partial charge is 0.490 e. The fourth-order valence-corrected chi connectivity index (χ4v) is 11.1. The lowest BCUT2D eigenvalue weighted by Gasteiger charge is -2.55. The van der Waals surface area contributed by atoms with Gasteiger partial charge in [-0.3, -0.25) is 0 Å². The van der Waals surface area contributed by atoms with Crippen LogP contribution in [0, 0.1) is 23.5 Å². The number of sulfone groups is 1. The van der Waals surface area contributed by atoms with Gasteiger partial charge in [0.25, 0.3) is 0 Å². The summed E-state index contributed by atoms with van der Waals surface area (Å²) in [5, 5.41) is -0.841. The quantitative estimate of drug-likeness (QED) is 0.478. The minimum Gasteiger partial charge on any atom is -0.490 e. The molecule has 2 heterocycles. The van der Waals surface area contributed by atoms with Crippen LogP contribution in [0.3, 0.4) is 0 Å². The first-order chi connectivity index (χ1) is 19.1. The van der Waals surface area contributed by atoms with Crippen molar-refractivity contribution >= 4 is 19.9 Å². The second-order valence-corrected chi connectivity index (χ2v) is 15.5. The molecule has 0 spiro atoms. The lowest BCUT2D eigenvalue weighted by molar-refractivity contribution is -0.137. The standard InChI is InChI=1S/C27H31F5N2O5S2/c1-34(2)13-3-4-18-14-19-20-15-39-25-22(29)10-9-21(28)24(25)26(20,12-11-23(19)33-41(18,37)38)40(35,36)17-7-5-16(6-8-17)27(30,31)32/h5-10,18-20,23,33H,3-4,11-15H2,1-2H3/t18-,19+,20+,23-,26+/m1/s1. The summed E-state index contributed by atoms with van der Waals surface area (Å²) >= 11 is 0. The molecule has 226 valence electrons. The molecule has 0 bridgehead atoms. The summed E-state index contributed by atoms with van der Waals surface area (Å²) in [6.07, 6.45) is -4.04. The van der Waals surface area contributed by atoms with Gasteiger partial charge in [-0.25, -0.2) is 30.3 Å². The van der Waals surface area contributed by atoms with E-state index in [9.17, 15) is 34.4 Å². The molecule has 7 nitrogen and oxygen atoms in total. The Bertz CT molecular complexity index is 1530. The number of benzene rings is 2. The van der Waals surface area contributed by atoms with Crippen molar-refractivity contribution in [3.63, 3.8) is 0 Å². The average Bonchev–Trinajstić information content (AvgIpc) is 2.89. The number of sulfonamides is 1. The molecule has 2 aromatic rings. The molecule has 2 aromatic carbocycles. The number of nitrogens with one attached hydrogen (secondary N) is 1. The van der Waals surface area contributed by atoms with Crippen LogP contribution in [0.4, 0.5) is 22.0 Å². The van der Waals surface area contributed by atoms with E-state index >= 15 is 4.39 Å². The van der Waals surface area contributed by atoms with Crippen LogP contribution in [-0.4, -0.2) is 60.3 Å². The third-order valence-corrected chi connectivity index (χ3v) is 13.2. The molecule has 2 aliphatic heterocycles. The van der Waals surface area contributed by atoms with Crippen molar-refractivity contribution in [2.45, 2.75) is 59.2 Å². The number of hydrogen-bond acceptors (Lipinski definition) is 6. The molecule has 0 radical (unpaired) electrons. The van der Waals surface area contributed by atoms with Crippen LogP contribution < -0.4 is 9.46 Å². The van der Waals surface area contributed by atoms with Crippen molar-refractivity contribution in [3.05, 3.63) is 59.2 Å². The highest BCUT2D eigenvalue weighted by atomic mass is 32.2. The smallest absolute Gasteiger partial charge is 0.416 e. The number of ether oxygens (including phenoxy) is 1. The van der Waals surface area contributed by atoms with Gasteiger partial charge in [0.15, 0.2) is 21.4 Å². The summed E-state index contributed by atoms with van der Waals surface area (Å²) in [4.78, 5) is 1.45. The highest BCUT2D eigenvalue weighted by Gasteiger charge is 2.64. The maximum Gasteiger partial charge on any atom is 0.416 e.